The molecule has 1 saturated carbocycles. The van der Waals surface area contributed by atoms with Crippen molar-refractivity contribution in [3.05, 3.63) is 29.8 Å². The van der Waals surface area contributed by atoms with Crippen LogP contribution in [0.4, 0.5) is 5.69 Å². The highest BCUT2D eigenvalue weighted by Gasteiger charge is 2.37. The third-order valence-electron chi connectivity index (χ3n) is 3.63. The molecule has 6 nitrogen and oxygen atoms in total. The number of nitrogens with zero attached hydrogens (tertiary/aromatic N) is 1. The van der Waals surface area contributed by atoms with E-state index in [-0.39, 0.29) is 11.8 Å². The van der Waals surface area contributed by atoms with Gasteiger partial charge >= 0.3 is 5.97 Å². The molecule has 1 aliphatic carbocycles. The molecule has 0 heterocycles. The number of para-hydroxylation sites is 1. The predicted molar refractivity (Wildman–Crippen MR) is 77.1 cm³/mol. The Kier molecular flexibility index (Phi) is 4.26. The second-order valence-corrected chi connectivity index (χ2v) is 5.22. The number of carbonyl (C=O) groups is 3. The highest BCUT2D eigenvalue weighted by Crippen LogP contribution is 2.33. The van der Waals surface area contributed by atoms with Gasteiger partial charge in [0.25, 0.3) is 5.91 Å². The normalized spacial score (nSPS) is 15.1. The molecule has 0 bridgehead atoms. The Morgan fingerprint density at radius 2 is 1.90 bits per heavy atom. The van der Waals surface area contributed by atoms with Gasteiger partial charge in [0.1, 0.15) is 6.04 Å². The molecule has 2 rings (SSSR count). The zero-order chi connectivity index (χ0) is 15.6. The predicted octanol–water partition coefficient (Wildman–Crippen LogP) is 1.26. The molecule has 1 fully saturated rings. The second-order valence-electron chi connectivity index (χ2n) is 5.22. The van der Waals surface area contributed by atoms with Crippen molar-refractivity contribution in [1.29, 1.82) is 0 Å². The molecule has 112 valence electrons. The molecular formula is C15H18N2O4. The molecule has 0 spiro atoms. The van der Waals surface area contributed by atoms with Gasteiger partial charge in [-0.15, -0.1) is 0 Å². The number of carbonyl (C=O) groups excluding carboxylic acids is 2. The fourth-order valence-electron chi connectivity index (χ4n) is 2.16. The van der Waals surface area contributed by atoms with Gasteiger partial charge < -0.3 is 15.3 Å². The zero-order valence-electron chi connectivity index (χ0n) is 12.0. The van der Waals surface area contributed by atoms with Crippen LogP contribution in [0.3, 0.4) is 0 Å². The van der Waals surface area contributed by atoms with Gasteiger partial charge in [0.2, 0.25) is 5.91 Å². The van der Waals surface area contributed by atoms with Crippen LogP contribution in [0.2, 0.25) is 0 Å². The van der Waals surface area contributed by atoms with Gasteiger partial charge in [0, 0.05) is 14.0 Å². The van der Waals surface area contributed by atoms with E-state index in [2.05, 4.69) is 5.32 Å². The number of carboxylic acid groups (broad SMARTS) is 1. The number of nitrogens with one attached hydrogen (secondary N) is 1. The van der Waals surface area contributed by atoms with Crippen molar-refractivity contribution in [1.82, 2.24) is 5.32 Å². The minimum atomic E-state index is -1.02. The topological polar surface area (TPSA) is 86.7 Å². The maximum atomic E-state index is 12.3. The fraction of sp³-hybridized carbons (Fsp3) is 0.400. The first kappa shape index (κ1) is 15.0. The molecule has 6 heteroatoms. The Morgan fingerprint density at radius 1 is 1.29 bits per heavy atom. The Hall–Kier alpha value is -2.37. The number of aliphatic carboxylic acids is 1. The molecular weight excluding hydrogens is 272 g/mol. The Morgan fingerprint density at radius 3 is 2.43 bits per heavy atom. The summed E-state index contributed by atoms with van der Waals surface area (Å²) in [4.78, 5) is 36.4. The molecule has 0 aromatic heterocycles. The van der Waals surface area contributed by atoms with Crippen LogP contribution in [-0.2, 0) is 9.59 Å². The number of amides is 2. The van der Waals surface area contributed by atoms with Crippen molar-refractivity contribution < 1.29 is 19.5 Å². The first-order valence-electron chi connectivity index (χ1n) is 6.78. The van der Waals surface area contributed by atoms with E-state index in [0.29, 0.717) is 11.3 Å². The lowest BCUT2D eigenvalue weighted by molar-refractivity contribution is -0.139. The molecule has 1 unspecified atom stereocenters. The number of rotatable bonds is 5. The third-order valence-corrected chi connectivity index (χ3v) is 3.63. The Bertz CT molecular complexity index is 581. The van der Waals surface area contributed by atoms with Gasteiger partial charge in [-0.05, 0) is 30.9 Å². The van der Waals surface area contributed by atoms with Gasteiger partial charge in [-0.1, -0.05) is 12.1 Å². The average Bonchev–Trinajstić information content (AvgIpc) is 3.27. The molecule has 1 aromatic carbocycles. The standard InChI is InChI=1S/C15H18N2O4/c1-9(18)17(2)12-6-4-3-5-11(12)14(19)16-13(15(20)21)10-7-8-10/h3-6,10,13H,7-8H2,1-2H3,(H,16,19)(H,20,21). The molecule has 1 aliphatic rings. The van der Waals surface area contributed by atoms with Crippen molar-refractivity contribution in [2.24, 2.45) is 5.92 Å². The summed E-state index contributed by atoms with van der Waals surface area (Å²) < 4.78 is 0. The highest BCUT2D eigenvalue weighted by molar-refractivity contribution is 6.05. The summed E-state index contributed by atoms with van der Waals surface area (Å²) in [5.41, 5.74) is 0.754. The number of anilines is 1. The molecule has 0 saturated heterocycles. The van der Waals surface area contributed by atoms with Crippen molar-refractivity contribution in [2.45, 2.75) is 25.8 Å². The van der Waals surface area contributed by atoms with Crippen LogP contribution >= 0.6 is 0 Å². The van der Waals surface area contributed by atoms with Crippen molar-refractivity contribution in [3.63, 3.8) is 0 Å². The number of hydrogen-bond acceptors (Lipinski definition) is 3. The van der Waals surface area contributed by atoms with Crippen LogP contribution in [-0.4, -0.2) is 36.0 Å². The van der Waals surface area contributed by atoms with E-state index in [1.165, 1.54) is 11.8 Å². The zero-order valence-corrected chi connectivity index (χ0v) is 12.0. The second kappa shape index (κ2) is 5.95. The highest BCUT2D eigenvalue weighted by atomic mass is 16.4. The summed E-state index contributed by atoms with van der Waals surface area (Å²) in [7, 11) is 1.57. The van der Waals surface area contributed by atoms with E-state index in [4.69, 9.17) is 5.11 Å². The van der Waals surface area contributed by atoms with Gasteiger partial charge in [0.05, 0.1) is 11.3 Å². The van der Waals surface area contributed by atoms with E-state index in [9.17, 15) is 14.4 Å². The smallest absolute Gasteiger partial charge is 0.326 e. The van der Waals surface area contributed by atoms with Crippen LogP contribution in [0.1, 0.15) is 30.1 Å². The Balaban J connectivity index is 2.22. The fourth-order valence-corrected chi connectivity index (χ4v) is 2.16. The lowest BCUT2D eigenvalue weighted by Gasteiger charge is -2.20. The lowest BCUT2D eigenvalue weighted by atomic mass is 10.1. The van der Waals surface area contributed by atoms with Crippen LogP contribution in [0.5, 0.6) is 0 Å². The maximum Gasteiger partial charge on any atom is 0.326 e. The molecule has 21 heavy (non-hydrogen) atoms. The summed E-state index contributed by atoms with van der Waals surface area (Å²) in [6, 6.07) is 5.77. The first-order chi connectivity index (χ1) is 9.91. The first-order valence-corrected chi connectivity index (χ1v) is 6.78. The van der Waals surface area contributed by atoms with Gasteiger partial charge in [-0.25, -0.2) is 4.79 Å². The minimum Gasteiger partial charge on any atom is -0.480 e. The SMILES string of the molecule is CC(=O)N(C)c1ccccc1C(=O)NC(C(=O)O)C1CC1. The summed E-state index contributed by atoms with van der Waals surface area (Å²) >= 11 is 0. The average molecular weight is 290 g/mol. The van der Waals surface area contributed by atoms with E-state index in [0.717, 1.165) is 12.8 Å². The van der Waals surface area contributed by atoms with Gasteiger partial charge in [-0.3, -0.25) is 9.59 Å². The molecule has 1 aromatic rings. The number of carboxylic acids is 1. The van der Waals surface area contributed by atoms with Crippen molar-refractivity contribution >= 4 is 23.5 Å². The molecule has 1 atom stereocenters. The van der Waals surface area contributed by atoms with E-state index in [1.54, 1.807) is 31.3 Å². The van der Waals surface area contributed by atoms with E-state index >= 15 is 0 Å². The summed E-state index contributed by atoms with van der Waals surface area (Å²) in [6.45, 7) is 1.40. The van der Waals surface area contributed by atoms with Gasteiger partial charge in [-0.2, -0.15) is 0 Å². The number of hydrogen-bond donors (Lipinski definition) is 2. The molecule has 0 radical (unpaired) electrons. The quantitative estimate of drug-likeness (QED) is 0.854. The van der Waals surface area contributed by atoms with E-state index < -0.39 is 17.9 Å². The summed E-state index contributed by atoms with van der Waals surface area (Å²) in [6.07, 6.45) is 1.62. The third kappa shape index (κ3) is 3.39. The molecule has 0 aliphatic heterocycles. The maximum absolute atomic E-state index is 12.3. The van der Waals surface area contributed by atoms with Crippen LogP contribution < -0.4 is 10.2 Å². The van der Waals surface area contributed by atoms with Crippen LogP contribution in [0.15, 0.2) is 24.3 Å². The van der Waals surface area contributed by atoms with Crippen LogP contribution in [0, 0.1) is 5.92 Å². The lowest BCUT2D eigenvalue weighted by Crippen LogP contribution is -2.42. The molecule has 2 amide bonds. The number of benzene rings is 1. The monoisotopic (exact) mass is 290 g/mol. The summed E-state index contributed by atoms with van der Waals surface area (Å²) in [5.74, 6) is -1.70. The van der Waals surface area contributed by atoms with E-state index in [1.807, 2.05) is 0 Å². The molecule has 2 N–H and O–H groups in total. The van der Waals surface area contributed by atoms with Gasteiger partial charge in [0.15, 0.2) is 0 Å². The Labute approximate surface area is 122 Å². The van der Waals surface area contributed by atoms with Crippen molar-refractivity contribution in [2.75, 3.05) is 11.9 Å². The van der Waals surface area contributed by atoms with Crippen molar-refractivity contribution in [3.8, 4) is 0 Å². The van der Waals surface area contributed by atoms with Crippen LogP contribution in [0.25, 0.3) is 0 Å². The minimum absolute atomic E-state index is 0.00384. The largest absolute Gasteiger partial charge is 0.480 e. The summed E-state index contributed by atoms with van der Waals surface area (Å²) in [5, 5.41) is 11.7.